The van der Waals surface area contributed by atoms with E-state index in [0.717, 1.165) is 5.57 Å². The highest BCUT2D eigenvalue weighted by Crippen LogP contribution is 1.91. The van der Waals surface area contributed by atoms with Crippen LogP contribution in [0.1, 0.15) is 6.92 Å². The smallest absolute Gasteiger partial charge is 0.0582 e. The van der Waals surface area contributed by atoms with E-state index in [1.165, 1.54) is 0 Å². The first-order valence-electron chi connectivity index (χ1n) is 4.01. The lowest BCUT2D eigenvalue weighted by molar-refractivity contribution is 0.254. The van der Waals surface area contributed by atoms with Crippen LogP contribution in [0.2, 0.25) is 0 Å². The van der Waals surface area contributed by atoms with E-state index in [1.807, 2.05) is 19.1 Å². The maximum absolute atomic E-state index is 8.70. The Hall–Kier alpha value is -0.860. The highest BCUT2D eigenvalue weighted by molar-refractivity contribution is 5.19. The number of allylic oxidation sites excluding steroid dienone is 2. The van der Waals surface area contributed by atoms with E-state index in [2.05, 4.69) is 18.5 Å². The van der Waals surface area contributed by atoms with Crippen LogP contribution >= 0.6 is 0 Å². The summed E-state index contributed by atoms with van der Waals surface area (Å²) in [5.41, 5.74) is 0.982. The average Bonchev–Trinajstić information content (AvgIpc) is 2.10. The van der Waals surface area contributed by atoms with Crippen molar-refractivity contribution in [2.75, 3.05) is 13.2 Å². The summed E-state index contributed by atoms with van der Waals surface area (Å²) < 4.78 is 0. The first-order valence-corrected chi connectivity index (χ1v) is 4.01. The van der Waals surface area contributed by atoms with Crippen molar-refractivity contribution in [3.63, 3.8) is 0 Å². The van der Waals surface area contributed by atoms with Crippen LogP contribution in [0.5, 0.6) is 0 Å². The van der Waals surface area contributed by atoms with Crippen molar-refractivity contribution >= 4 is 0 Å². The molecular formula is C10H17NO. The summed E-state index contributed by atoms with van der Waals surface area (Å²) in [7, 11) is 0. The number of aliphatic hydroxyl groups excluding tert-OH is 1. The molecule has 0 saturated carbocycles. The minimum Gasteiger partial charge on any atom is -0.395 e. The SMILES string of the molecule is C=C/C=C\C(=C)CNC(C)CO. The van der Waals surface area contributed by atoms with Crippen molar-refractivity contribution in [2.45, 2.75) is 13.0 Å². The van der Waals surface area contributed by atoms with Gasteiger partial charge in [-0.15, -0.1) is 0 Å². The summed E-state index contributed by atoms with van der Waals surface area (Å²) in [6.45, 7) is 10.1. The Kier molecular flexibility index (Phi) is 6.34. The molecule has 0 aromatic rings. The van der Waals surface area contributed by atoms with Crippen LogP contribution in [-0.4, -0.2) is 24.3 Å². The molecule has 2 N–H and O–H groups in total. The van der Waals surface area contributed by atoms with Crippen LogP contribution in [0.4, 0.5) is 0 Å². The molecule has 0 rings (SSSR count). The van der Waals surface area contributed by atoms with Crippen molar-refractivity contribution < 1.29 is 5.11 Å². The highest BCUT2D eigenvalue weighted by Gasteiger charge is 1.96. The van der Waals surface area contributed by atoms with E-state index in [-0.39, 0.29) is 12.6 Å². The normalized spacial score (nSPS) is 13.2. The molecule has 1 atom stereocenters. The zero-order chi connectivity index (χ0) is 9.40. The van der Waals surface area contributed by atoms with E-state index in [9.17, 15) is 0 Å². The second-order valence-electron chi connectivity index (χ2n) is 2.72. The Morgan fingerprint density at radius 2 is 2.33 bits per heavy atom. The number of hydrogen-bond acceptors (Lipinski definition) is 2. The van der Waals surface area contributed by atoms with Crippen LogP contribution < -0.4 is 5.32 Å². The standard InChI is InChI=1S/C10H17NO/c1-4-5-6-9(2)7-11-10(3)8-12/h4-6,10-12H,1-2,7-8H2,3H3/b6-5-. The van der Waals surface area contributed by atoms with Gasteiger partial charge in [-0.05, 0) is 12.5 Å². The van der Waals surface area contributed by atoms with Gasteiger partial charge in [0.15, 0.2) is 0 Å². The maximum Gasteiger partial charge on any atom is 0.0582 e. The predicted molar refractivity (Wildman–Crippen MR) is 53.0 cm³/mol. The van der Waals surface area contributed by atoms with E-state index in [1.54, 1.807) is 6.08 Å². The van der Waals surface area contributed by atoms with Crippen molar-refractivity contribution in [2.24, 2.45) is 0 Å². The third kappa shape index (κ3) is 5.89. The van der Waals surface area contributed by atoms with Crippen LogP contribution in [0.25, 0.3) is 0 Å². The Morgan fingerprint density at radius 3 is 2.83 bits per heavy atom. The molecule has 0 bridgehead atoms. The summed E-state index contributed by atoms with van der Waals surface area (Å²) in [5, 5.41) is 11.8. The first kappa shape index (κ1) is 11.1. The van der Waals surface area contributed by atoms with E-state index in [4.69, 9.17) is 5.11 Å². The van der Waals surface area contributed by atoms with Gasteiger partial charge in [-0.3, -0.25) is 0 Å². The minimum absolute atomic E-state index is 0.124. The molecule has 0 spiro atoms. The monoisotopic (exact) mass is 167 g/mol. The number of nitrogens with one attached hydrogen (secondary N) is 1. The van der Waals surface area contributed by atoms with Gasteiger partial charge in [0.05, 0.1) is 6.61 Å². The minimum atomic E-state index is 0.124. The molecule has 0 fully saturated rings. The van der Waals surface area contributed by atoms with E-state index >= 15 is 0 Å². The van der Waals surface area contributed by atoms with Crippen LogP contribution in [0.15, 0.2) is 37.0 Å². The molecule has 0 aliphatic rings. The van der Waals surface area contributed by atoms with Crippen molar-refractivity contribution in [1.82, 2.24) is 5.32 Å². The van der Waals surface area contributed by atoms with Gasteiger partial charge in [0.1, 0.15) is 0 Å². The first-order chi connectivity index (χ1) is 5.70. The Balaban J connectivity index is 3.56. The fourth-order valence-corrected chi connectivity index (χ4v) is 0.633. The van der Waals surface area contributed by atoms with Gasteiger partial charge < -0.3 is 10.4 Å². The Morgan fingerprint density at radius 1 is 1.67 bits per heavy atom. The largest absolute Gasteiger partial charge is 0.395 e. The lowest BCUT2D eigenvalue weighted by atomic mass is 10.2. The lowest BCUT2D eigenvalue weighted by Crippen LogP contribution is -2.30. The molecule has 0 amide bonds. The second-order valence-corrected chi connectivity index (χ2v) is 2.72. The van der Waals surface area contributed by atoms with Gasteiger partial charge in [-0.1, -0.05) is 31.4 Å². The number of hydrogen-bond donors (Lipinski definition) is 2. The average molecular weight is 167 g/mol. The van der Waals surface area contributed by atoms with Crippen LogP contribution in [0.3, 0.4) is 0 Å². The molecule has 68 valence electrons. The van der Waals surface area contributed by atoms with Gasteiger partial charge in [0.2, 0.25) is 0 Å². The predicted octanol–water partition coefficient (Wildman–Crippen LogP) is 1.26. The fraction of sp³-hybridized carbons (Fsp3) is 0.400. The molecule has 0 aliphatic carbocycles. The second kappa shape index (κ2) is 6.83. The van der Waals surface area contributed by atoms with Gasteiger partial charge in [0.25, 0.3) is 0 Å². The lowest BCUT2D eigenvalue weighted by Gasteiger charge is -2.09. The molecular weight excluding hydrogens is 150 g/mol. The summed E-state index contributed by atoms with van der Waals surface area (Å²) in [5.74, 6) is 0. The van der Waals surface area contributed by atoms with Crippen molar-refractivity contribution in [3.8, 4) is 0 Å². The topological polar surface area (TPSA) is 32.3 Å². The zero-order valence-electron chi connectivity index (χ0n) is 7.59. The van der Waals surface area contributed by atoms with Crippen LogP contribution in [-0.2, 0) is 0 Å². The molecule has 0 saturated heterocycles. The van der Waals surface area contributed by atoms with Crippen molar-refractivity contribution in [1.29, 1.82) is 0 Å². The molecule has 0 aromatic carbocycles. The molecule has 2 nitrogen and oxygen atoms in total. The van der Waals surface area contributed by atoms with Gasteiger partial charge >= 0.3 is 0 Å². The van der Waals surface area contributed by atoms with Gasteiger partial charge in [-0.25, -0.2) is 0 Å². The van der Waals surface area contributed by atoms with Crippen LogP contribution in [0, 0.1) is 0 Å². The summed E-state index contributed by atoms with van der Waals surface area (Å²) in [6.07, 6.45) is 5.44. The molecule has 0 heterocycles. The molecule has 0 aromatic heterocycles. The van der Waals surface area contributed by atoms with Gasteiger partial charge in [0, 0.05) is 12.6 Å². The molecule has 2 heteroatoms. The van der Waals surface area contributed by atoms with Gasteiger partial charge in [-0.2, -0.15) is 0 Å². The van der Waals surface area contributed by atoms with E-state index < -0.39 is 0 Å². The highest BCUT2D eigenvalue weighted by atomic mass is 16.3. The molecule has 12 heavy (non-hydrogen) atoms. The zero-order valence-corrected chi connectivity index (χ0v) is 7.59. The fourth-order valence-electron chi connectivity index (χ4n) is 0.633. The molecule has 1 unspecified atom stereocenters. The molecule has 0 aliphatic heterocycles. The Bertz CT molecular complexity index is 173. The quantitative estimate of drug-likeness (QED) is 0.584. The van der Waals surface area contributed by atoms with Crippen molar-refractivity contribution in [3.05, 3.63) is 37.0 Å². The maximum atomic E-state index is 8.70. The number of aliphatic hydroxyl groups is 1. The van der Waals surface area contributed by atoms with E-state index in [0.29, 0.717) is 6.54 Å². The summed E-state index contributed by atoms with van der Waals surface area (Å²) >= 11 is 0. The third-order valence-corrected chi connectivity index (χ3v) is 1.42. The third-order valence-electron chi connectivity index (χ3n) is 1.42. The Labute approximate surface area is 74.3 Å². The molecule has 0 radical (unpaired) electrons. The number of rotatable bonds is 6. The summed E-state index contributed by atoms with van der Waals surface area (Å²) in [6, 6.07) is 0.124. The summed E-state index contributed by atoms with van der Waals surface area (Å²) in [4.78, 5) is 0.